The van der Waals surface area contributed by atoms with Gasteiger partial charge in [0.15, 0.2) is 0 Å². The van der Waals surface area contributed by atoms with Gasteiger partial charge in [-0.1, -0.05) is 42.0 Å². The summed E-state index contributed by atoms with van der Waals surface area (Å²) >= 11 is 0. The van der Waals surface area contributed by atoms with Crippen LogP contribution in [0.3, 0.4) is 0 Å². The molecule has 0 bridgehead atoms. The number of urea groups is 1. The Kier molecular flexibility index (Phi) is 6.68. The molecule has 172 valence electrons. The second-order valence-electron chi connectivity index (χ2n) is 7.78. The van der Waals surface area contributed by atoms with Gasteiger partial charge in [0, 0.05) is 5.69 Å². The minimum Gasteiger partial charge on any atom is -0.489 e. The number of carbonyl (C=O) groups excluding carboxylic acids is 3. The van der Waals surface area contributed by atoms with Gasteiger partial charge in [-0.15, -0.1) is 0 Å². The lowest BCUT2D eigenvalue weighted by molar-refractivity contribution is -0.127. The van der Waals surface area contributed by atoms with E-state index in [1.807, 2.05) is 19.1 Å². The molecule has 0 saturated carbocycles. The second kappa shape index (κ2) is 9.99. The van der Waals surface area contributed by atoms with Crippen molar-refractivity contribution in [3.8, 4) is 5.75 Å². The van der Waals surface area contributed by atoms with Crippen LogP contribution in [0.5, 0.6) is 5.75 Å². The van der Waals surface area contributed by atoms with Gasteiger partial charge in [0.2, 0.25) is 5.91 Å². The molecule has 4 amide bonds. The SMILES string of the molecule is Cc1ccc(NC(=O)CN2C(=O)NC(=Cc3ccc(OCc4ccc(F)cc4)cc3)C2=O)cc1. The molecule has 1 aliphatic rings. The highest BCUT2D eigenvalue weighted by atomic mass is 19.1. The number of rotatable bonds is 7. The first-order chi connectivity index (χ1) is 16.4. The zero-order chi connectivity index (χ0) is 24.1. The molecule has 34 heavy (non-hydrogen) atoms. The normalized spacial score (nSPS) is 14.3. The van der Waals surface area contributed by atoms with Gasteiger partial charge in [0.05, 0.1) is 0 Å². The quantitative estimate of drug-likeness (QED) is 0.409. The maximum absolute atomic E-state index is 13.0. The van der Waals surface area contributed by atoms with E-state index in [9.17, 15) is 18.8 Å². The largest absolute Gasteiger partial charge is 0.489 e. The third-order valence-corrected chi connectivity index (χ3v) is 5.11. The minimum atomic E-state index is -0.658. The van der Waals surface area contributed by atoms with Crippen LogP contribution in [0.2, 0.25) is 0 Å². The van der Waals surface area contributed by atoms with Crippen molar-refractivity contribution in [2.45, 2.75) is 13.5 Å². The highest BCUT2D eigenvalue weighted by molar-refractivity contribution is 6.15. The van der Waals surface area contributed by atoms with E-state index in [1.165, 1.54) is 18.2 Å². The molecule has 0 spiro atoms. The first-order valence-corrected chi connectivity index (χ1v) is 10.6. The van der Waals surface area contributed by atoms with Gasteiger partial charge in [-0.25, -0.2) is 14.1 Å². The zero-order valence-electron chi connectivity index (χ0n) is 18.4. The third-order valence-electron chi connectivity index (χ3n) is 5.11. The van der Waals surface area contributed by atoms with E-state index >= 15 is 0 Å². The third kappa shape index (κ3) is 5.66. The molecule has 0 radical (unpaired) electrons. The highest BCUT2D eigenvalue weighted by Crippen LogP contribution is 2.19. The van der Waals surface area contributed by atoms with E-state index in [2.05, 4.69) is 10.6 Å². The average molecular weight is 459 g/mol. The lowest BCUT2D eigenvalue weighted by Gasteiger charge is -2.12. The molecular weight excluding hydrogens is 437 g/mol. The molecule has 8 heteroatoms. The molecule has 0 atom stereocenters. The summed E-state index contributed by atoms with van der Waals surface area (Å²) in [5, 5.41) is 5.17. The number of nitrogens with one attached hydrogen (secondary N) is 2. The number of ether oxygens (including phenoxy) is 1. The molecule has 4 rings (SSSR count). The number of nitrogens with zero attached hydrogens (tertiary/aromatic N) is 1. The predicted molar refractivity (Wildman–Crippen MR) is 125 cm³/mol. The standard InChI is InChI=1S/C26H22FN3O4/c1-17-2-10-21(11-3-17)28-24(31)15-30-25(32)23(29-26(30)33)14-18-6-12-22(13-7-18)34-16-19-4-8-20(27)9-5-19/h2-14H,15-16H2,1H3,(H,28,31)(H,29,33). The van der Waals surface area contributed by atoms with Crippen LogP contribution >= 0.6 is 0 Å². The average Bonchev–Trinajstić information content (AvgIpc) is 3.08. The van der Waals surface area contributed by atoms with Gasteiger partial charge in [-0.2, -0.15) is 0 Å². The van der Waals surface area contributed by atoms with Crippen molar-refractivity contribution in [3.05, 3.63) is 101 Å². The van der Waals surface area contributed by atoms with Gasteiger partial charge in [-0.05, 0) is 60.5 Å². The number of carbonyl (C=O) groups is 3. The topological polar surface area (TPSA) is 87.7 Å². The molecular formula is C26H22FN3O4. The van der Waals surface area contributed by atoms with Crippen LogP contribution in [0.4, 0.5) is 14.9 Å². The smallest absolute Gasteiger partial charge is 0.329 e. The number of aryl methyl sites for hydroxylation is 1. The van der Waals surface area contributed by atoms with E-state index in [1.54, 1.807) is 48.5 Å². The van der Waals surface area contributed by atoms with E-state index in [4.69, 9.17) is 4.74 Å². The molecule has 1 saturated heterocycles. The van der Waals surface area contributed by atoms with Gasteiger partial charge in [0.1, 0.15) is 30.4 Å². The number of benzene rings is 3. The Bertz CT molecular complexity index is 1240. The van der Waals surface area contributed by atoms with Crippen molar-refractivity contribution in [1.29, 1.82) is 0 Å². The fourth-order valence-corrected chi connectivity index (χ4v) is 3.27. The van der Waals surface area contributed by atoms with Gasteiger partial charge >= 0.3 is 6.03 Å². The maximum Gasteiger partial charge on any atom is 0.329 e. The number of imide groups is 1. The molecule has 0 unspecified atom stereocenters. The Morgan fingerprint density at radius 1 is 1.00 bits per heavy atom. The summed E-state index contributed by atoms with van der Waals surface area (Å²) in [4.78, 5) is 38.0. The summed E-state index contributed by atoms with van der Waals surface area (Å²) in [6.07, 6.45) is 1.53. The summed E-state index contributed by atoms with van der Waals surface area (Å²) in [5.74, 6) is -0.764. The number of hydrogen-bond donors (Lipinski definition) is 2. The number of anilines is 1. The lowest BCUT2D eigenvalue weighted by atomic mass is 10.2. The van der Waals surface area contributed by atoms with E-state index in [0.717, 1.165) is 16.0 Å². The second-order valence-corrected chi connectivity index (χ2v) is 7.78. The summed E-state index contributed by atoms with van der Waals surface area (Å²) in [5.41, 5.74) is 3.21. The maximum atomic E-state index is 13.0. The molecule has 1 heterocycles. The van der Waals surface area contributed by atoms with Crippen LogP contribution in [-0.2, 0) is 16.2 Å². The van der Waals surface area contributed by atoms with Gasteiger partial charge in [-0.3, -0.25) is 9.59 Å². The van der Waals surface area contributed by atoms with E-state index in [-0.39, 0.29) is 18.1 Å². The predicted octanol–water partition coefficient (Wildman–Crippen LogP) is 4.24. The van der Waals surface area contributed by atoms with Crippen LogP contribution in [0.15, 0.2) is 78.5 Å². The van der Waals surface area contributed by atoms with Crippen LogP contribution in [0.25, 0.3) is 6.08 Å². The molecule has 0 aliphatic carbocycles. The Balaban J connectivity index is 1.35. The molecule has 0 aromatic heterocycles. The minimum absolute atomic E-state index is 0.0770. The molecule has 7 nitrogen and oxygen atoms in total. The lowest BCUT2D eigenvalue weighted by Crippen LogP contribution is -2.38. The van der Waals surface area contributed by atoms with Crippen LogP contribution in [-0.4, -0.2) is 29.3 Å². The van der Waals surface area contributed by atoms with Crippen molar-refractivity contribution in [3.63, 3.8) is 0 Å². The fourth-order valence-electron chi connectivity index (χ4n) is 3.27. The van der Waals surface area contributed by atoms with E-state index < -0.39 is 24.4 Å². The first kappa shape index (κ1) is 22.7. The van der Waals surface area contributed by atoms with E-state index in [0.29, 0.717) is 17.0 Å². The monoisotopic (exact) mass is 459 g/mol. The fraction of sp³-hybridized carbons (Fsp3) is 0.115. The number of amides is 4. The zero-order valence-corrected chi connectivity index (χ0v) is 18.4. The molecule has 1 fully saturated rings. The summed E-state index contributed by atoms with van der Waals surface area (Å²) < 4.78 is 18.7. The van der Waals surface area contributed by atoms with Gasteiger partial charge < -0.3 is 15.4 Å². The molecule has 1 aliphatic heterocycles. The first-order valence-electron chi connectivity index (χ1n) is 10.6. The highest BCUT2D eigenvalue weighted by Gasteiger charge is 2.34. The summed E-state index contributed by atoms with van der Waals surface area (Å²) in [6, 6.07) is 19.5. The van der Waals surface area contributed by atoms with Crippen LogP contribution < -0.4 is 15.4 Å². The molecule has 3 aromatic carbocycles. The van der Waals surface area contributed by atoms with Crippen molar-refractivity contribution in [2.75, 3.05) is 11.9 Å². The van der Waals surface area contributed by atoms with Crippen molar-refractivity contribution < 1.29 is 23.5 Å². The Labute approximate surface area is 195 Å². The number of halogens is 1. The molecule has 3 aromatic rings. The summed E-state index contributed by atoms with van der Waals surface area (Å²) in [6.45, 7) is 1.82. The Morgan fingerprint density at radius 2 is 1.68 bits per heavy atom. The van der Waals surface area contributed by atoms with Crippen molar-refractivity contribution in [2.24, 2.45) is 0 Å². The number of hydrogen-bond acceptors (Lipinski definition) is 4. The van der Waals surface area contributed by atoms with Crippen LogP contribution in [0.1, 0.15) is 16.7 Å². The Hall–Kier alpha value is -4.46. The van der Waals surface area contributed by atoms with Gasteiger partial charge in [0.25, 0.3) is 5.91 Å². The Morgan fingerprint density at radius 3 is 2.35 bits per heavy atom. The molecule has 2 N–H and O–H groups in total. The van der Waals surface area contributed by atoms with Crippen molar-refractivity contribution in [1.82, 2.24) is 10.2 Å². The van der Waals surface area contributed by atoms with Crippen LogP contribution in [0, 0.1) is 12.7 Å². The summed E-state index contributed by atoms with van der Waals surface area (Å²) in [7, 11) is 0. The van der Waals surface area contributed by atoms with Crippen molar-refractivity contribution >= 4 is 29.6 Å².